The maximum Gasteiger partial charge on any atom is 0.401 e. The Labute approximate surface area is 104 Å². The van der Waals surface area contributed by atoms with Gasteiger partial charge in [-0.15, -0.1) is 0 Å². The lowest BCUT2D eigenvalue weighted by atomic mass is 10.1. The van der Waals surface area contributed by atoms with Gasteiger partial charge in [0.05, 0.1) is 26.3 Å². The summed E-state index contributed by atoms with van der Waals surface area (Å²) in [6.07, 6.45) is -4.28. The van der Waals surface area contributed by atoms with Crippen LogP contribution >= 0.6 is 0 Å². The average molecular weight is 263 g/mol. The van der Waals surface area contributed by atoms with E-state index < -0.39 is 18.8 Å². The number of methoxy groups -OCH3 is 1. The Balaban J connectivity index is 2.81. The fourth-order valence-corrected chi connectivity index (χ4v) is 1.72. The van der Waals surface area contributed by atoms with E-state index in [1.807, 2.05) is 0 Å². The van der Waals surface area contributed by atoms with Crippen LogP contribution in [0.5, 0.6) is 5.75 Å². The summed E-state index contributed by atoms with van der Waals surface area (Å²) < 4.78 is 41.8. The molecule has 0 bridgehead atoms. The maximum absolute atomic E-state index is 12.3. The lowest BCUT2D eigenvalue weighted by Crippen LogP contribution is -2.35. The summed E-state index contributed by atoms with van der Waals surface area (Å²) in [7, 11) is 2.84. The van der Waals surface area contributed by atoms with Crippen LogP contribution in [0.1, 0.15) is 11.6 Å². The molecule has 1 N–H and O–H groups in total. The highest BCUT2D eigenvalue weighted by molar-refractivity contribution is 5.29. The predicted octanol–water partition coefficient (Wildman–Crippen LogP) is 2.22. The number of hydrogen-bond donors (Lipinski definition) is 1. The topological polar surface area (TPSA) is 32.7 Å². The van der Waals surface area contributed by atoms with Gasteiger partial charge in [-0.25, -0.2) is 0 Å². The molecule has 3 nitrogen and oxygen atoms in total. The third-order valence-electron chi connectivity index (χ3n) is 2.63. The molecule has 0 unspecified atom stereocenters. The number of likely N-dealkylation sites (N-methyl/N-ethyl adjacent to an activating group) is 1. The van der Waals surface area contributed by atoms with E-state index in [9.17, 15) is 18.3 Å². The fraction of sp³-hybridized carbons (Fsp3) is 0.500. The summed E-state index contributed by atoms with van der Waals surface area (Å²) in [6, 6.07) is 5.91. The van der Waals surface area contributed by atoms with Gasteiger partial charge in [-0.05, 0) is 24.7 Å². The van der Waals surface area contributed by atoms with Crippen LogP contribution in [0.3, 0.4) is 0 Å². The van der Waals surface area contributed by atoms with Crippen molar-refractivity contribution in [2.75, 3.05) is 27.3 Å². The molecule has 0 aliphatic heterocycles. The van der Waals surface area contributed by atoms with E-state index in [1.54, 1.807) is 24.3 Å². The second kappa shape index (κ2) is 6.06. The second-order valence-electron chi connectivity index (χ2n) is 4.00. The third-order valence-corrected chi connectivity index (χ3v) is 2.63. The lowest BCUT2D eigenvalue weighted by Gasteiger charge is -2.27. The van der Waals surface area contributed by atoms with Crippen LogP contribution in [0.2, 0.25) is 0 Å². The summed E-state index contributed by atoms with van der Waals surface area (Å²) in [4.78, 5) is 1.07. The average Bonchev–Trinajstić information content (AvgIpc) is 2.28. The van der Waals surface area contributed by atoms with Gasteiger partial charge in [-0.3, -0.25) is 4.90 Å². The van der Waals surface area contributed by atoms with E-state index in [0.717, 1.165) is 4.90 Å². The fourth-order valence-electron chi connectivity index (χ4n) is 1.72. The molecule has 0 heterocycles. The van der Waals surface area contributed by atoms with Crippen molar-refractivity contribution in [3.63, 3.8) is 0 Å². The van der Waals surface area contributed by atoms with Crippen LogP contribution in [-0.4, -0.2) is 43.5 Å². The molecule has 0 radical (unpaired) electrons. The van der Waals surface area contributed by atoms with Gasteiger partial charge < -0.3 is 9.84 Å². The van der Waals surface area contributed by atoms with E-state index in [0.29, 0.717) is 11.3 Å². The summed E-state index contributed by atoms with van der Waals surface area (Å²) in [5.41, 5.74) is 0.616. The van der Waals surface area contributed by atoms with Gasteiger partial charge in [0, 0.05) is 0 Å². The highest BCUT2D eigenvalue weighted by Crippen LogP contribution is 2.25. The minimum atomic E-state index is -4.28. The first-order valence-electron chi connectivity index (χ1n) is 5.39. The van der Waals surface area contributed by atoms with Gasteiger partial charge in [0.15, 0.2) is 0 Å². The molecule has 0 saturated heterocycles. The Bertz CT molecular complexity index is 365. The standard InChI is InChI=1S/C12H16F3NO2/c1-16(8-12(13,14)15)11(7-17)9-3-5-10(18-2)6-4-9/h3-6,11,17H,7-8H2,1-2H3/t11-/m0/s1. The number of hydrogen-bond acceptors (Lipinski definition) is 3. The summed E-state index contributed by atoms with van der Waals surface area (Å²) in [6.45, 7) is -1.44. The van der Waals surface area contributed by atoms with Crippen LogP contribution in [0.15, 0.2) is 24.3 Å². The normalized spacial score (nSPS) is 13.7. The smallest absolute Gasteiger partial charge is 0.401 e. The van der Waals surface area contributed by atoms with Crippen molar-refractivity contribution in [1.82, 2.24) is 4.90 Å². The van der Waals surface area contributed by atoms with E-state index in [-0.39, 0.29) is 6.61 Å². The number of aliphatic hydroxyl groups excluding tert-OH is 1. The van der Waals surface area contributed by atoms with Crippen molar-refractivity contribution in [1.29, 1.82) is 0 Å². The number of rotatable bonds is 5. The van der Waals surface area contributed by atoms with Crippen molar-refractivity contribution in [2.45, 2.75) is 12.2 Å². The molecule has 6 heteroatoms. The first-order valence-corrected chi connectivity index (χ1v) is 5.39. The Hall–Kier alpha value is -1.27. The SMILES string of the molecule is COc1ccc([C@H](CO)N(C)CC(F)(F)F)cc1. The van der Waals surface area contributed by atoms with Crippen molar-refractivity contribution in [2.24, 2.45) is 0 Å². The molecular formula is C12H16F3NO2. The van der Waals surface area contributed by atoms with E-state index in [2.05, 4.69) is 0 Å². The van der Waals surface area contributed by atoms with Gasteiger partial charge in [-0.1, -0.05) is 12.1 Å². The highest BCUT2D eigenvalue weighted by atomic mass is 19.4. The molecule has 18 heavy (non-hydrogen) atoms. The van der Waals surface area contributed by atoms with Gasteiger partial charge >= 0.3 is 6.18 Å². The molecule has 0 amide bonds. The maximum atomic E-state index is 12.3. The van der Waals surface area contributed by atoms with Crippen LogP contribution < -0.4 is 4.74 Å². The molecule has 1 aromatic rings. The number of halogens is 3. The number of ether oxygens (including phenoxy) is 1. The van der Waals surface area contributed by atoms with E-state index in [4.69, 9.17) is 4.74 Å². The van der Waals surface area contributed by atoms with Gasteiger partial charge in [-0.2, -0.15) is 13.2 Å². The molecule has 0 fully saturated rings. The van der Waals surface area contributed by atoms with Crippen molar-refractivity contribution >= 4 is 0 Å². The predicted molar refractivity (Wildman–Crippen MR) is 61.5 cm³/mol. The summed E-state index contributed by atoms with van der Waals surface area (Å²) >= 11 is 0. The molecule has 0 saturated carbocycles. The van der Waals surface area contributed by atoms with Crippen LogP contribution in [0, 0.1) is 0 Å². The molecule has 1 atom stereocenters. The van der Waals surface area contributed by atoms with E-state index >= 15 is 0 Å². The first kappa shape index (κ1) is 14.8. The molecule has 0 aliphatic carbocycles. The van der Waals surface area contributed by atoms with Gasteiger partial charge in [0.2, 0.25) is 0 Å². The number of benzene rings is 1. The first-order chi connectivity index (χ1) is 8.37. The number of nitrogens with zero attached hydrogens (tertiary/aromatic N) is 1. The van der Waals surface area contributed by atoms with Crippen molar-refractivity contribution < 1.29 is 23.0 Å². The van der Waals surface area contributed by atoms with Crippen LogP contribution in [0.25, 0.3) is 0 Å². The zero-order valence-electron chi connectivity index (χ0n) is 10.2. The molecule has 0 aliphatic rings. The van der Waals surface area contributed by atoms with Gasteiger partial charge in [0.25, 0.3) is 0 Å². The molecule has 0 aromatic heterocycles. The Morgan fingerprint density at radius 3 is 2.22 bits per heavy atom. The van der Waals surface area contributed by atoms with Crippen LogP contribution in [0.4, 0.5) is 13.2 Å². The zero-order valence-corrected chi connectivity index (χ0v) is 10.2. The minimum Gasteiger partial charge on any atom is -0.497 e. The molecular weight excluding hydrogens is 247 g/mol. The largest absolute Gasteiger partial charge is 0.497 e. The van der Waals surface area contributed by atoms with Crippen molar-refractivity contribution in [3.8, 4) is 5.75 Å². The minimum absolute atomic E-state index is 0.376. The Morgan fingerprint density at radius 1 is 1.28 bits per heavy atom. The summed E-state index contributed by atoms with van der Waals surface area (Å²) in [5, 5.41) is 9.23. The van der Waals surface area contributed by atoms with E-state index in [1.165, 1.54) is 14.2 Å². The lowest BCUT2D eigenvalue weighted by molar-refractivity contribution is -0.149. The molecule has 1 aromatic carbocycles. The number of aliphatic hydroxyl groups is 1. The van der Waals surface area contributed by atoms with Gasteiger partial charge in [0.1, 0.15) is 5.75 Å². The van der Waals surface area contributed by atoms with Crippen LogP contribution in [-0.2, 0) is 0 Å². The Morgan fingerprint density at radius 2 is 1.83 bits per heavy atom. The Kier molecular flexibility index (Phi) is 4.98. The molecule has 1 rings (SSSR count). The second-order valence-corrected chi connectivity index (χ2v) is 4.00. The quantitative estimate of drug-likeness (QED) is 0.884. The van der Waals surface area contributed by atoms with Crippen molar-refractivity contribution in [3.05, 3.63) is 29.8 Å². The molecule has 0 spiro atoms. The summed E-state index contributed by atoms with van der Waals surface area (Å²) in [5.74, 6) is 0.619. The third kappa shape index (κ3) is 4.19. The molecule has 102 valence electrons. The number of alkyl halides is 3. The zero-order chi connectivity index (χ0) is 13.8. The monoisotopic (exact) mass is 263 g/mol. The highest BCUT2D eigenvalue weighted by Gasteiger charge is 2.32.